The Morgan fingerprint density at radius 3 is 2.53 bits per heavy atom. The van der Waals surface area contributed by atoms with Gasteiger partial charge in [0, 0.05) is 3.57 Å². The van der Waals surface area contributed by atoms with Crippen molar-refractivity contribution in [3.8, 4) is 5.75 Å². The van der Waals surface area contributed by atoms with Gasteiger partial charge in [0.25, 0.3) is 5.91 Å². The van der Waals surface area contributed by atoms with Crippen molar-refractivity contribution in [2.24, 2.45) is 0 Å². The summed E-state index contributed by atoms with van der Waals surface area (Å²) in [5.41, 5.74) is 6.86. The van der Waals surface area contributed by atoms with E-state index in [1.807, 2.05) is 36.4 Å². The average molecular weight is 368 g/mol. The predicted molar refractivity (Wildman–Crippen MR) is 84.1 cm³/mol. The molecule has 0 atom stereocenters. The van der Waals surface area contributed by atoms with E-state index in [0.29, 0.717) is 17.1 Å². The lowest BCUT2D eigenvalue weighted by atomic mass is 10.3. The topological polar surface area (TPSA) is 64.3 Å². The number of amides is 1. The molecule has 4 nitrogen and oxygen atoms in total. The number of anilines is 2. The van der Waals surface area contributed by atoms with Crippen LogP contribution in [-0.4, -0.2) is 12.5 Å². The highest BCUT2D eigenvalue weighted by atomic mass is 127. The number of nitrogen functional groups attached to an aromatic ring is 1. The summed E-state index contributed by atoms with van der Waals surface area (Å²) in [5, 5.41) is 2.70. The lowest BCUT2D eigenvalue weighted by Gasteiger charge is -2.09. The fourth-order valence-electron chi connectivity index (χ4n) is 1.48. The molecule has 0 aromatic heterocycles. The molecule has 0 saturated carbocycles. The predicted octanol–water partition coefficient (Wildman–Crippen LogP) is 2.89. The summed E-state index contributed by atoms with van der Waals surface area (Å²) >= 11 is 2.21. The second-order valence-electron chi connectivity index (χ2n) is 3.88. The van der Waals surface area contributed by atoms with Crippen molar-refractivity contribution in [2.45, 2.75) is 0 Å². The van der Waals surface area contributed by atoms with Crippen molar-refractivity contribution in [3.05, 3.63) is 52.1 Å². The van der Waals surface area contributed by atoms with Gasteiger partial charge in [-0.3, -0.25) is 4.79 Å². The third-order valence-electron chi connectivity index (χ3n) is 2.42. The van der Waals surface area contributed by atoms with E-state index in [1.54, 1.807) is 12.1 Å². The summed E-state index contributed by atoms with van der Waals surface area (Å²) in [7, 11) is 0. The number of carbonyl (C=O) groups excluding carboxylic acids is 1. The Morgan fingerprint density at radius 2 is 1.84 bits per heavy atom. The van der Waals surface area contributed by atoms with Gasteiger partial charge in [0.2, 0.25) is 0 Å². The van der Waals surface area contributed by atoms with Gasteiger partial charge < -0.3 is 15.8 Å². The highest BCUT2D eigenvalue weighted by molar-refractivity contribution is 14.1. The third kappa shape index (κ3) is 4.13. The van der Waals surface area contributed by atoms with Crippen LogP contribution in [0.1, 0.15) is 0 Å². The monoisotopic (exact) mass is 368 g/mol. The highest BCUT2D eigenvalue weighted by Crippen LogP contribution is 2.17. The number of nitrogens with one attached hydrogen (secondary N) is 1. The first-order chi connectivity index (χ1) is 9.15. The zero-order chi connectivity index (χ0) is 13.7. The van der Waals surface area contributed by atoms with E-state index >= 15 is 0 Å². The number of hydrogen-bond acceptors (Lipinski definition) is 3. The Labute approximate surface area is 125 Å². The minimum Gasteiger partial charge on any atom is -0.484 e. The zero-order valence-corrected chi connectivity index (χ0v) is 12.3. The van der Waals surface area contributed by atoms with Crippen molar-refractivity contribution in [3.63, 3.8) is 0 Å². The number of para-hydroxylation sites is 2. The van der Waals surface area contributed by atoms with Crippen LogP contribution in [0.3, 0.4) is 0 Å². The van der Waals surface area contributed by atoms with E-state index in [9.17, 15) is 4.79 Å². The molecule has 3 N–H and O–H groups in total. The molecule has 0 radical (unpaired) electrons. The summed E-state index contributed by atoms with van der Waals surface area (Å²) in [6.07, 6.45) is 0. The summed E-state index contributed by atoms with van der Waals surface area (Å²) in [5.74, 6) is 0.424. The maximum Gasteiger partial charge on any atom is 0.262 e. The minimum atomic E-state index is -0.239. The molecule has 0 bridgehead atoms. The smallest absolute Gasteiger partial charge is 0.262 e. The molecule has 0 spiro atoms. The minimum absolute atomic E-state index is 0.0467. The summed E-state index contributed by atoms with van der Waals surface area (Å²) in [4.78, 5) is 11.7. The van der Waals surface area contributed by atoms with Crippen LogP contribution in [0.2, 0.25) is 0 Å². The van der Waals surface area contributed by atoms with Crippen molar-refractivity contribution < 1.29 is 9.53 Å². The molecule has 2 rings (SSSR count). The number of halogens is 1. The normalized spacial score (nSPS) is 9.95. The SMILES string of the molecule is Nc1ccccc1NC(=O)COc1ccc(I)cc1. The molecule has 2 aromatic rings. The summed E-state index contributed by atoms with van der Waals surface area (Å²) < 4.78 is 6.50. The van der Waals surface area contributed by atoms with Crippen molar-refractivity contribution in [1.82, 2.24) is 0 Å². The summed E-state index contributed by atoms with van der Waals surface area (Å²) in [6.45, 7) is -0.0467. The number of benzene rings is 2. The van der Waals surface area contributed by atoms with E-state index in [-0.39, 0.29) is 12.5 Å². The van der Waals surface area contributed by atoms with Crippen LogP contribution in [0, 0.1) is 3.57 Å². The van der Waals surface area contributed by atoms with Gasteiger partial charge in [-0.2, -0.15) is 0 Å². The van der Waals surface area contributed by atoms with Crippen LogP contribution in [0.15, 0.2) is 48.5 Å². The van der Waals surface area contributed by atoms with Crippen LogP contribution < -0.4 is 15.8 Å². The molecule has 0 unspecified atom stereocenters. The van der Waals surface area contributed by atoms with Crippen molar-refractivity contribution >= 4 is 39.9 Å². The van der Waals surface area contributed by atoms with Gasteiger partial charge >= 0.3 is 0 Å². The van der Waals surface area contributed by atoms with Gasteiger partial charge in [0.15, 0.2) is 6.61 Å². The van der Waals surface area contributed by atoms with Gasteiger partial charge in [0.1, 0.15) is 5.75 Å². The quantitative estimate of drug-likeness (QED) is 0.645. The first-order valence-corrected chi connectivity index (χ1v) is 6.76. The highest BCUT2D eigenvalue weighted by Gasteiger charge is 2.05. The molecule has 0 aliphatic heterocycles. The van der Waals surface area contributed by atoms with Crippen LogP contribution in [0.4, 0.5) is 11.4 Å². The van der Waals surface area contributed by atoms with Crippen molar-refractivity contribution in [1.29, 1.82) is 0 Å². The third-order valence-corrected chi connectivity index (χ3v) is 3.14. The van der Waals surface area contributed by atoms with E-state index in [1.165, 1.54) is 0 Å². The Kier molecular flexibility index (Phi) is 4.62. The molecule has 0 fully saturated rings. The van der Waals surface area contributed by atoms with E-state index in [4.69, 9.17) is 10.5 Å². The molecular weight excluding hydrogens is 355 g/mol. The Morgan fingerprint density at radius 1 is 1.16 bits per heavy atom. The fourth-order valence-corrected chi connectivity index (χ4v) is 1.84. The largest absolute Gasteiger partial charge is 0.484 e. The number of rotatable bonds is 4. The first kappa shape index (κ1) is 13.7. The average Bonchev–Trinajstić information content (AvgIpc) is 2.41. The van der Waals surface area contributed by atoms with Gasteiger partial charge in [-0.1, -0.05) is 12.1 Å². The molecule has 5 heteroatoms. The molecule has 0 aliphatic rings. The molecule has 19 heavy (non-hydrogen) atoms. The lowest BCUT2D eigenvalue weighted by molar-refractivity contribution is -0.118. The number of carbonyl (C=O) groups is 1. The molecule has 0 aliphatic carbocycles. The first-order valence-electron chi connectivity index (χ1n) is 5.68. The van der Waals surface area contributed by atoms with Crippen LogP contribution in [0.25, 0.3) is 0 Å². The Bertz CT molecular complexity index is 570. The van der Waals surface area contributed by atoms with Gasteiger partial charge in [-0.25, -0.2) is 0 Å². The van der Waals surface area contributed by atoms with Gasteiger partial charge in [0.05, 0.1) is 11.4 Å². The number of hydrogen-bond donors (Lipinski definition) is 2. The molecular formula is C14H13IN2O2. The van der Waals surface area contributed by atoms with Crippen LogP contribution in [-0.2, 0) is 4.79 Å². The number of ether oxygens (including phenoxy) is 1. The van der Waals surface area contributed by atoms with Crippen molar-refractivity contribution in [2.75, 3.05) is 17.7 Å². The fraction of sp³-hybridized carbons (Fsp3) is 0.0714. The molecule has 0 saturated heterocycles. The van der Waals surface area contributed by atoms with Crippen LogP contribution >= 0.6 is 22.6 Å². The van der Waals surface area contributed by atoms with E-state index in [2.05, 4.69) is 27.9 Å². The van der Waals surface area contributed by atoms with Gasteiger partial charge in [-0.05, 0) is 59.0 Å². The van der Waals surface area contributed by atoms with Gasteiger partial charge in [-0.15, -0.1) is 0 Å². The standard InChI is InChI=1S/C14H13IN2O2/c15-10-5-7-11(8-6-10)19-9-14(18)17-13-4-2-1-3-12(13)16/h1-8H,9,16H2,(H,17,18). The molecule has 1 amide bonds. The summed E-state index contributed by atoms with van der Waals surface area (Å²) in [6, 6.07) is 14.6. The molecule has 2 aromatic carbocycles. The zero-order valence-electron chi connectivity index (χ0n) is 10.1. The molecule has 0 heterocycles. The molecule has 98 valence electrons. The Balaban J connectivity index is 1.88. The number of nitrogens with two attached hydrogens (primary N) is 1. The van der Waals surface area contributed by atoms with Crippen LogP contribution in [0.5, 0.6) is 5.75 Å². The lowest BCUT2D eigenvalue weighted by Crippen LogP contribution is -2.20. The second kappa shape index (κ2) is 6.42. The second-order valence-corrected chi connectivity index (χ2v) is 5.12. The Hall–Kier alpha value is -1.76. The van der Waals surface area contributed by atoms with E-state index < -0.39 is 0 Å². The maximum absolute atomic E-state index is 11.7. The maximum atomic E-state index is 11.7. The van der Waals surface area contributed by atoms with E-state index in [0.717, 1.165) is 3.57 Å².